The van der Waals surface area contributed by atoms with Crippen LogP contribution >= 0.6 is 0 Å². The molecule has 29 heavy (non-hydrogen) atoms. The monoisotopic (exact) mass is 384 g/mol. The van der Waals surface area contributed by atoms with Crippen LogP contribution in [0.5, 0.6) is 0 Å². The van der Waals surface area contributed by atoms with Crippen LogP contribution in [0.2, 0.25) is 0 Å². The number of amides is 1. The first-order chi connectivity index (χ1) is 14.1. The summed E-state index contributed by atoms with van der Waals surface area (Å²) >= 11 is 0. The van der Waals surface area contributed by atoms with Gasteiger partial charge in [-0.25, -0.2) is 9.97 Å². The van der Waals surface area contributed by atoms with Crippen molar-refractivity contribution in [3.63, 3.8) is 0 Å². The summed E-state index contributed by atoms with van der Waals surface area (Å²) in [7, 11) is 0. The summed E-state index contributed by atoms with van der Waals surface area (Å²) in [5, 5.41) is 8.01. The lowest BCUT2D eigenvalue weighted by molar-refractivity contribution is 0.100. The van der Waals surface area contributed by atoms with Crippen LogP contribution in [0, 0.1) is 0 Å². The molecule has 2 aromatic heterocycles. The summed E-state index contributed by atoms with van der Waals surface area (Å²) in [6.45, 7) is 0. The van der Waals surface area contributed by atoms with Gasteiger partial charge < -0.3 is 11.5 Å². The first-order valence-electron chi connectivity index (χ1n) is 9.58. The fraction of sp³-hybridized carbons (Fsp3) is 0.182. The number of H-pyrrole nitrogens is 1. The number of aromatic amines is 1. The van der Waals surface area contributed by atoms with Crippen LogP contribution in [-0.2, 0) is 12.8 Å². The standard InChI is InChI=1S/C22H20N6O/c23-19-17-18(14-6-3-7-15(11-14)20(24)29)27-28-22(17)26-21(25-19)16-9-8-12-4-1-2-5-13(12)10-16/h1-7,11,16H,8-10H2,(H2,24,29)(H3,23,25,26,27,28). The molecule has 144 valence electrons. The number of aryl methyl sites for hydroxylation is 1. The fourth-order valence-electron chi connectivity index (χ4n) is 4.11. The van der Waals surface area contributed by atoms with Crippen molar-refractivity contribution in [2.24, 2.45) is 5.73 Å². The van der Waals surface area contributed by atoms with Gasteiger partial charge in [0, 0.05) is 17.0 Å². The number of benzene rings is 2. The maximum atomic E-state index is 11.5. The van der Waals surface area contributed by atoms with Crippen LogP contribution in [0.3, 0.4) is 0 Å². The number of anilines is 1. The number of hydrogen-bond acceptors (Lipinski definition) is 5. The topological polar surface area (TPSA) is 124 Å². The second-order valence-corrected chi connectivity index (χ2v) is 7.42. The van der Waals surface area contributed by atoms with Gasteiger partial charge in [-0.15, -0.1) is 0 Å². The van der Waals surface area contributed by atoms with Crippen LogP contribution in [-0.4, -0.2) is 26.1 Å². The third kappa shape index (κ3) is 3.00. The highest BCUT2D eigenvalue weighted by Crippen LogP contribution is 2.34. The van der Waals surface area contributed by atoms with Gasteiger partial charge in [-0.2, -0.15) is 5.10 Å². The van der Waals surface area contributed by atoms with Gasteiger partial charge in [0.1, 0.15) is 11.6 Å². The Morgan fingerprint density at radius 3 is 2.72 bits per heavy atom. The van der Waals surface area contributed by atoms with Crippen LogP contribution in [0.15, 0.2) is 48.5 Å². The van der Waals surface area contributed by atoms with E-state index in [4.69, 9.17) is 16.5 Å². The fourth-order valence-corrected chi connectivity index (χ4v) is 4.11. The molecule has 0 radical (unpaired) electrons. The van der Waals surface area contributed by atoms with Gasteiger partial charge in [-0.05, 0) is 42.5 Å². The summed E-state index contributed by atoms with van der Waals surface area (Å²) in [6, 6.07) is 15.5. The molecule has 2 heterocycles. The number of fused-ring (bicyclic) bond motifs is 2. The van der Waals surface area contributed by atoms with E-state index in [1.807, 2.05) is 6.07 Å². The minimum Gasteiger partial charge on any atom is -0.383 e. The molecular weight excluding hydrogens is 364 g/mol. The number of carbonyl (C=O) groups excluding carboxylic acids is 1. The summed E-state index contributed by atoms with van der Waals surface area (Å²) in [4.78, 5) is 20.8. The maximum Gasteiger partial charge on any atom is 0.248 e. The van der Waals surface area contributed by atoms with E-state index >= 15 is 0 Å². The highest BCUT2D eigenvalue weighted by atomic mass is 16.1. The first-order valence-corrected chi connectivity index (χ1v) is 9.58. The number of rotatable bonds is 3. The lowest BCUT2D eigenvalue weighted by Crippen LogP contribution is -2.16. The van der Waals surface area contributed by atoms with Crippen molar-refractivity contribution in [1.82, 2.24) is 20.2 Å². The Kier molecular flexibility index (Phi) is 4.01. The minimum absolute atomic E-state index is 0.218. The number of primary amides is 1. The Labute approximate surface area is 167 Å². The van der Waals surface area contributed by atoms with Gasteiger partial charge in [-0.3, -0.25) is 9.89 Å². The van der Waals surface area contributed by atoms with Crippen molar-refractivity contribution in [2.75, 3.05) is 5.73 Å². The van der Waals surface area contributed by atoms with Crippen LogP contribution < -0.4 is 11.5 Å². The molecule has 0 aliphatic heterocycles. The molecule has 2 aromatic carbocycles. The highest BCUT2D eigenvalue weighted by Gasteiger charge is 2.24. The average Bonchev–Trinajstić information content (AvgIpc) is 3.18. The molecule has 4 aromatic rings. The van der Waals surface area contributed by atoms with Gasteiger partial charge in [-0.1, -0.05) is 36.4 Å². The van der Waals surface area contributed by atoms with Crippen LogP contribution in [0.1, 0.15) is 39.6 Å². The van der Waals surface area contributed by atoms with Gasteiger partial charge in [0.05, 0.1) is 11.1 Å². The third-order valence-electron chi connectivity index (χ3n) is 5.61. The molecule has 1 aliphatic carbocycles. The first kappa shape index (κ1) is 17.4. The van der Waals surface area contributed by atoms with Crippen molar-refractivity contribution in [1.29, 1.82) is 0 Å². The largest absolute Gasteiger partial charge is 0.383 e. The molecule has 1 aliphatic rings. The van der Waals surface area contributed by atoms with Gasteiger partial charge >= 0.3 is 0 Å². The summed E-state index contributed by atoms with van der Waals surface area (Å²) in [6.07, 6.45) is 2.90. The Balaban J connectivity index is 1.54. The van der Waals surface area contributed by atoms with Gasteiger partial charge in [0.15, 0.2) is 5.65 Å². The molecule has 5 N–H and O–H groups in total. The third-order valence-corrected chi connectivity index (χ3v) is 5.61. The Bertz CT molecular complexity index is 1250. The maximum absolute atomic E-state index is 11.5. The number of carbonyl (C=O) groups is 1. The molecule has 5 rings (SSSR count). The zero-order valence-corrected chi connectivity index (χ0v) is 15.7. The molecule has 7 nitrogen and oxygen atoms in total. The number of nitrogens with zero attached hydrogens (tertiary/aromatic N) is 3. The zero-order chi connectivity index (χ0) is 20.0. The van der Waals surface area contributed by atoms with Crippen LogP contribution in [0.25, 0.3) is 22.3 Å². The number of nitrogens with two attached hydrogens (primary N) is 2. The molecular formula is C22H20N6O. The molecule has 0 saturated heterocycles. The van der Waals surface area contributed by atoms with E-state index in [-0.39, 0.29) is 5.92 Å². The molecule has 0 bridgehead atoms. The van der Waals surface area contributed by atoms with Gasteiger partial charge in [0.25, 0.3) is 0 Å². The smallest absolute Gasteiger partial charge is 0.248 e. The Hall–Kier alpha value is -3.74. The number of nitrogens with one attached hydrogen (secondary N) is 1. The van der Waals surface area contributed by atoms with Crippen molar-refractivity contribution in [3.05, 3.63) is 71.0 Å². The summed E-state index contributed by atoms with van der Waals surface area (Å²) < 4.78 is 0. The highest BCUT2D eigenvalue weighted by molar-refractivity contribution is 6.00. The van der Waals surface area contributed by atoms with Crippen molar-refractivity contribution >= 4 is 22.8 Å². The molecule has 1 atom stereocenters. The van der Waals surface area contributed by atoms with E-state index in [9.17, 15) is 4.79 Å². The van der Waals surface area contributed by atoms with E-state index in [0.29, 0.717) is 28.1 Å². The van der Waals surface area contributed by atoms with E-state index in [1.54, 1.807) is 18.2 Å². The van der Waals surface area contributed by atoms with Crippen molar-refractivity contribution in [2.45, 2.75) is 25.2 Å². The van der Waals surface area contributed by atoms with E-state index < -0.39 is 5.91 Å². The zero-order valence-electron chi connectivity index (χ0n) is 15.7. The van der Waals surface area contributed by atoms with Crippen molar-refractivity contribution < 1.29 is 4.79 Å². The Morgan fingerprint density at radius 2 is 1.90 bits per heavy atom. The lowest BCUT2D eigenvalue weighted by atomic mass is 9.83. The van der Waals surface area contributed by atoms with E-state index in [2.05, 4.69) is 39.4 Å². The normalized spacial score (nSPS) is 15.9. The Morgan fingerprint density at radius 1 is 1.07 bits per heavy atom. The molecule has 7 heteroatoms. The molecule has 1 amide bonds. The second-order valence-electron chi connectivity index (χ2n) is 7.42. The quantitative estimate of drug-likeness (QED) is 0.501. The molecule has 0 spiro atoms. The number of hydrogen-bond donors (Lipinski definition) is 3. The summed E-state index contributed by atoms with van der Waals surface area (Å²) in [5.41, 5.74) is 16.9. The summed E-state index contributed by atoms with van der Waals surface area (Å²) in [5.74, 6) is 0.847. The second kappa shape index (κ2) is 6.70. The lowest BCUT2D eigenvalue weighted by Gasteiger charge is -2.23. The number of aromatic nitrogens is 4. The van der Waals surface area contributed by atoms with E-state index in [0.717, 1.165) is 30.7 Å². The SMILES string of the molecule is NC(=O)c1cccc(-c2[nH]nc3nc(C4CCc5ccccc5C4)nc(N)c23)c1. The average molecular weight is 384 g/mol. The molecule has 1 unspecified atom stereocenters. The van der Waals surface area contributed by atoms with Crippen molar-refractivity contribution in [3.8, 4) is 11.3 Å². The number of nitrogen functional groups attached to an aromatic ring is 1. The van der Waals surface area contributed by atoms with E-state index in [1.165, 1.54) is 11.1 Å². The predicted octanol–water partition coefficient (Wildman–Crippen LogP) is 2.97. The van der Waals surface area contributed by atoms with Gasteiger partial charge in [0.2, 0.25) is 5.91 Å². The molecule has 0 saturated carbocycles. The molecule has 0 fully saturated rings. The van der Waals surface area contributed by atoms with Crippen LogP contribution in [0.4, 0.5) is 5.82 Å². The predicted molar refractivity (Wildman–Crippen MR) is 111 cm³/mol. The minimum atomic E-state index is -0.486.